The lowest BCUT2D eigenvalue weighted by atomic mass is 9.90. The standard InChI is InChI=1S/C15H21FN2O3/c1-11(19)18(4)12-10-15(16,8-6-13(12)21-5)14(20)7-9-17(2)3/h6-7,9-10H,8H2,1-5H3. The molecule has 116 valence electrons. The number of nitrogens with zero attached hydrogens (tertiary/aromatic N) is 2. The Morgan fingerprint density at radius 1 is 1.38 bits per heavy atom. The molecule has 0 aromatic rings. The van der Waals surface area contributed by atoms with Crippen LogP contribution in [0.2, 0.25) is 0 Å². The summed E-state index contributed by atoms with van der Waals surface area (Å²) < 4.78 is 20.0. The van der Waals surface area contributed by atoms with E-state index in [1.54, 1.807) is 19.0 Å². The highest BCUT2D eigenvalue weighted by Crippen LogP contribution is 2.32. The van der Waals surface area contributed by atoms with Gasteiger partial charge in [-0.15, -0.1) is 0 Å². The van der Waals surface area contributed by atoms with Crippen LogP contribution in [0.15, 0.2) is 35.9 Å². The molecule has 0 saturated carbocycles. The molecule has 0 heterocycles. The van der Waals surface area contributed by atoms with Gasteiger partial charge in [0.25, 0.3) is 0 Å². The zero-order valence-corrected chi connectivity index (χ0v) is 13.0. The number of halogens is 1. The second-order valence-corrected chi connectivity index (χ2v) is 5.09. The maximum Gasteiger partial charge on any atom is 0.223 e. The Balaban J connectivity index is 3.14. The number of amides is 1. The molecule has 0 aromatic heterocycles. The molecule has 0 bridgehead atoms. The van der Waals surface area contributed by atoms with E-state index >= 15 is 0 Å². The van der Waals surface area contributed by atoms with Crippen molar-refractivity contribution in [2.75, 3.05) is 28.3 Å². The summed E-state index contributed by atoms with van der Waals surface area (Å²) in [7, 11) is 6.42. The Morgan fingerprint density at radius 2 is 2.00 bits per heavy atom. The molecule has 1 rings (SSSR count). The predicted octanol–water partition coefficient (Wildman–Crippen LogP) is 1.64. The SMILES string of the molecule is COC1=CCC(F)(C(=O)C=CN(C)C)C=C1N(C)C(C)=O. The molecule has 0 saturated heterocycles. The minimum atomic E-state index is -2.17. The number of hydrogen-bond donors (Lipinski definition) is 0. The number of hydrogen-bond acceptors (Lipinski definition) is 4. The molecule has 0 aromatic carbocycles. The highest BCUT2D eigenvalue weighted by molar-refractivity contribution is 5.99. The van der Waals surface area contributed by atoms with E-state index in [1.807, 2.05) is 0 Å². The number of ketones is 1. The second kappa shape index (κ2) is 6.56. The number of alkyl halides is 1. The summed E-state index contributed by atoms with van der Waals surface area (Å²) in [5.41, 5.74) is -1.92. The molecule has 1 aliphatic carbocycles. The fourth-order valence-electron chi connectivity index (χ4n) is 1.84. The van der Waals surface area contributed by atoms with Crippen molar-refractivity contribution in [1.82, 2.24) is 9.80 Å². The predicted molar refractivity (Wildman–Crippen MR) is 77.9 cm³/mol. The van der Waals surface area contributed by atoms with Crippen LogP contribution in [0, 0.1) is 0 Å². The molecule has 1 atom stereocenters. The lowest BCUT2D eigenvalue weighted by molar-refractivity contribution is -0.126. The van der Waals surface area contributed by atoms with Gasteiger partial charge in [0, 0.05) is 46.8 Å². The Labute approximate surface area is 124 Å². The Morgan fingerprint density at radius 3 is 2.48 bits per heavy atom. The summed E-state index contributed by atoms with van der Waals surface area (Å²) in [6.07, 6.45) is 5.18. The third-order valence-corrected chi connectivity index (χ3v) is 3.19. The van der Waals surface area contributed by atoms with E-state index in [9.17, 15) is 14.0 Å². The molecular formula is C15H21FN2O3. The fourth-order valence-corrected chi connectivity index (χ4v) is 1.84. The van der Waals surface area contributed by atoms with Gasteiger partial charge in [-0.25, -0.2) is 4.39 Å². The van der Waals surface area contributed by atoms with Crippen LogP contribution in [0.5, 0.6) is 0 Å². The van der Waals surface area contributed by atoms with Gasteiger partial charge in [-0.3, -0.25) is 9.59 Å². The molecule has 1 aliphatic rings. The summed E-state index contributed by atoms with van der Waals surface area (Å²) in [6.45, 7) is 1.36. The summed E-state index contributed by atoms with van der Waals surface area (Å²) in [4.78, 5) is 26.4. The Bertz CT molecular complexity index is 523. The van der Waals surface area contributed by atoms with Crippen LogP contribution >= 0.6 is 0 Å². The molecule has 0 N–H and O–H groups in total. The third-order valence-electron chi connectivity index (χ3n) is 3.19. The number of rotatable bonds is 5. The molecule has 21 heavy (non-hydrogen) atoms. The topological polar surface area (TPSA) is 49.9 Å². The molecule has 0 radical (unpaired) electrons. The molecule has 1 amide bonds. The third kappa shape index (κ3) is 3.93. The monoisotopic (exact) mass is 296 g/mol. The van der Waals surface area contributed by atoms with Gasteiger partial charge < -0.3 is 14.5 Å². The minimum Gasteiger partial charge on any atom is -0.495 e. The average molecular weight is 296 g/mol. The highest BCUT2D eigenvalue weighted by Gasteiger charge is 2.38. The lowest BCUT2D eigenvalue weighted by Crippen LogP contribution is -2.36. The molecule has 0 fully saturated rings. The van der Waals surface area contributed by atoms with E-state index < -0.39 is 11.5 Å². The van der Waals surface area contributed by atoms with E-state index in [0.29, 0.717) is 5.76 Å². The van der Waals surface area contributed by atoms with E-state index in [1.165, 1.54) is 44.3 Å². The van der Waals surface area contributed by atoms with Crippen molar-refractivity contribution in [3.63, 3.8) is 0 Å². The number of ether oxygens (including phenoxy) is 1. The maximum atomic E-state index is 14.9. The van der Waals surface area contributed by atoms with Gasteiger partial charge in [0.15, 0.2) is 11.5 Å². The van der Waals surface area contributed by atoms with Crippen LogP contribution in [0.3, 0.4) is 0 Å². The van der Waals surface area contributed by atoms with E-state index in [4.69, 9.17) is 4.74 Å². The molecule has 0 spiro atoms. The highest BCUT2D eigenvalue weighted by atomic mass is 19.1. The molecule has 5 nitrogen and oxygen atoms in total. The van der Waals surface area contributed by atoms with Crippen molar-refractivity contribution in [3.8, 4) is 0 Å². The van der Waals surface area contributed by atoms with Crippen molar-refractivity contribution in [1.29, 1.82) is 0 Å². The van der Waals surface area contributed by atoms with Gasteiger partial charge in [0.05, 0.1) is 12.8 Å². The van der Waals surface area contributed by atoms with Crippen molar-refractivity contribution in [2.45, 2.75) is 19.0 Å². The van der Waals surface area contributed by atoms with Crippen LogP contribution in [-0.2, 0) is 14.3 Å². The lowest BCUT2D eigenvalue weighted by Gasteiger charge is -2.29. The summed E-state index contributed by atoms with van der Waals surface area (Å²) in [5.74, 6) is -0.563. The van der Waals surface area contributed by atoms with Gasteiger partial charge in [-0.2, -0.15) is 0 Å². The maximum absolute atomic E-state index is 14.9. The smallest absolute Gasteiger partial charge is 0.223 e. The van der Waals surface area contributed by atoms with Gasteiger partial charge >= 0.3 is 0 Å². The van der Waals surface area contributed by atoms with Crippen LogP contribution in [-0.4, -0.2) is 55.4 Å². The fraction of sp³-hybridized carbons (Fsp3) is 0.467. The summed E-state index contributed by atoms with van der Waals surface area (Å²) in [5, 5.41) is 0. The zero-order chi connectivity index (χ0) is 16.2. The first-order valence-corrected chi connectivity index (χ1v) is 6.51. The van der Waals surface area contributed by atoms with E-state index in [2.05, 4.69) is 0 Å². The number of methoxy groups -OCH3 is 1. The zero-order valence-electron chi connectivity index (χ0n) is 13.0. The van der Waals surface area contributed by atoms with Crippen LogP contribution in [0.25, 0.3) is 0 Å². The van der Waals surface area contributed by atoms with Crippen LogP contribution < -0.4 is 0 Å². The normalized spacial score (nSPS) is 21.6. The number of allylic oxidation sites excluding steroid dienone is 3. The molecule has 6 heteroatoms. The van der Waals surface area contributed by atoms with Crippen molar-refractivity contribution >= 4 is 11.7 Å². The summed E-state index contributed by atoms with van der Waals surface area (Å²) >= 11 is 0. The van der Waals surface area contributed by atoms with E-state index in [0.717, 1.165) is 6.08 Å². The van der Waals surface area contributed by atoms with Gasteiger partial charge in [0.1, 0.15) is 5.76 Å². The first-order chi connectivity index (χ1) is 9.71. The van der Waals surface area contributed by atoms with Crippen molar-refractivity contribution in [3.05, 3.63) is 35.9 Å². The quantitative estimate of drug-likeness (QED) is 0.724. The first-order valence-electron chi connectivity index (χ1n) is 6.51. The van der Waals surface area contributed by atoms with Crippen LogP contribution in [0.4, 0.5) is 4.39 Å². The van der Waals surface area contributed by atoms with Crippen LogP contribution in [0.1, 0.15) is 13.3 Å². The summed E-state index contributed by atoms with van der Waals surface area (Å²) in [6, 6.07) is 0. The molecular weight excluding hydrogens is 275 g/mol. The van der Waals surface area contributed by atoms with Crippen molar-refractivity contribution in [2.24, 2.45) is 0 Å². The minimum absolute atomic E-state index is 0.123. The number of carbonyl (C=O) groups excluding carboxylic acids is 2. The largest absolute Gasteiger partial charge is 0.495 e. The average Bonchev–Trinajstić information content (AvgIpc) is 2.43. The number of carbonyl (C=O) groups is 2. The Kier molecular flexibility index (Phi) is 5.29. The van der Waals surface area contributed by atoms with Gasteiger partial charge in [-0.1, -0.05) is 0 Å². The van der Waals surface area contributed by atoms with Gasteiger partial charge in [0.2, 0.25) is 5.91 Å². The van der Waals surface area contributed by atoms with Crippen molar-refractivity contribution < 1.29 is 18.7 Å². The van der Waals surface area contributed by atoms with E-state index in [-0.39, 0.29) is 18.0 Å². The number of likely N-dealkylation sites (N-methyl/N-ethyl adjacent to an activating group) is 1. The molecule has 1 unspecified atom stereocenters. The Hall–Kier alpha value is -2.11. The second-order valence-electron chi connectivity index (χ2n) is 5.09. The van der Waals surface area contributed by atoms with Gasteiger partial charge in [-0.05, 0) is 12.2 Å². The first kappa shape index (κ1) is 16.9. The molecule has 0 aliphatic heterocycles.